The molecule has 0 saturated carbocycles. The van der Waals surface area contributed by atoms with Gasteiger partial charge in [0.25, 0.3) is 0 Å². The average Bonchev–Trinajstić information content (AvgIpc) is 2.30. The summed E-state index contributed by atoms with van der Waals surface area (Å²) in [6.45, 7) is 4.58. The van der Waals surface area contributed by atoms with Gasteiger partial charge in [-0.15, -0.1) is 0 Å². The van der Waals surface area contributed by atoms with Crippen molar-refractivity contribution in [2.45, 2.75) is 18.7 Å². The van der Waals surface area contributed by atoms with E-state index in [4.69, 9.17) is 0 Å². The summed E-state index contributed by atoms with van der Waals surface area (Å²) in [5, 5.41) is 2.82. The molecule has 0 bridgehead atoms. The van der Waals surface area contributed by atoms with Crippen molar-refractivity contribution in [1.29, 1.82) is 0 Å². The largest absolute Gasteiger partial charge is 0.373 e. The molecule has 0 atom stereocenters. The molecule has 5 nitrogen and oxygen atoms in total. The van der Waals surface area contributed by atoms with E-state index >= 15 is 0 Å². The predicted octanol–water partition coefficient (Wildman–Crippen LogP) is 1.15. The van der Waals surface area contributed by atoms with E-state index in [1.807, 2.05) is 13.8 Å². The molecule has 0 spiro atoms. The smallest absolute Gasteiger partial charge is 0.243 e. The van der Waals surface area contributed by atoms with Gasteiger partial charge in [-0.2, -0.15) is 4.31 Å². The average molecular weight is 243 g/mol. The van der Waals surface area contributed by atoms with Crippen molar-refractivity contribution < 1.29 is 8.42 Å². The molecule has 1 N–H and O–H groups in total. The van der Waals surface area contributed by atoms with Crippen LogP contribution in [0.2, 0.25) is 0 Å². The van der Waals surface area contributed by atoms with E-state index in [1.54, 1.807) is 7.05 Å². The van der Waals surface area contributed by atoms with Gasteiger partial charge in [-0.1, -0.05) is 13.8 Å². The Kier molecular flexibility index (Phi) is 4.26. The molecule has 0 aliphatic heterocycles. The van der Waals surface area contributed by atoms with Gasteiger partial charge in [0.2, 0.25) is 10.0 Å². The van der Waals surface area contributed by atoms with Crippen LogP contribution in [-0.2, 0) is 10.0 Å². The third-order valence-corrected chi connectivity index (χ3v) is 4.38. The van der Waals surface area contributed by atoms with Crippen LogP contribution in [0, 0.1) is 0 Å². The number of pyridine rings is 1. The Labute approximate surface area is 96.5 Å². The van der Waals surface area contributed by atoms with Crippen molar-refractivity contribution in [2.75, 3.05) is 25.5 Å². The normalized spacial score (nSPS) is 11.8. The predicted molar refractivity (Wildman–Crippen MR) is 63.9 cm³/mol. The van der Waals surface area contributed by atoms with Crippen LogP contribution in [0.5, 0.6) is 0 Å². The van der Waals surface area contributed by atoms with Crippen molar-refractivity contribution >= 4 is 15.8 Å². The maximum absolute atomic E-state index is 12.1. The molecule has 0 radical (unpaired) electrons. The molecule has 0 saturated heterocycles. The molecule has 1 aromatic heterocycles. The quantitative estimate of drug-likeness (QED) is 0.842. The van der Waals surface area contributed by atoms with Gasteiger partial charge < -0.3 is 5.32 Å². The minimum atomic E-state index is -3.38. The first-order valence-electron chi connectivity index (χ1n) is 5.20. The molecule has 0 aromatic carbocycles. The molecule has 0 aliphatic carbocycles. The summed E-state index contributed by atoms with van der Waals surface area (Å²) < 4.78 is 25.7. The van der Waals surface area contributed by atoms with E-state index in [2.05, 4.69) is 10.3 Å². The zero-order chi connectivity index (χ0) is 12.2. The van der Waals surface area contributed by atoms with Gasteiger partial charge >= 0.3 is 0 Å². The Morgan fingerprint density at radius 3 is 2.50 bits per heavy atom. The van der Waals surface area contributed by atoms with Gasteiger partial charge in [0.05, 0.1) is 4.90 Å². The molecular weight excluding hydrogens is 226 g/mol. The standard InChI is InChI=1S/C10H17N3O2S/c1-4-13(5-2)16(14,15)9-6-7-12-10(8-9)11-3/h6-8H,4-5H2,1-3H3,(H,11,12). The molecule has 1 aromatic rings. The van der Waals surface area contributed by atoms with Crippen LogP contribution < -0.4 is 5.32 Å². The van der Waals surface area contributed by atoms with E-state index < -0.39 is 10.0 Å². The second-order valence-corrected chi connectivity index (χ2v) is 5.15. The third-order valence-electron chi connectivity index (χ3n) is 2.33. The fourth-order valence-corrected chi connectivity index (χ4v) is 2.89. The van der Waals surface area contributed by atoms with E-state index in [9.17, 15) is 8.42 Å². The van der Waals surface area contributed by atoms with Crippen molar-refractivity contribution in [3.8, 4) is 0 Å². The maximum Gasteiger partial charge on any atom is 0.243 e. The molecule has 6 heteroatoms. The van der Waals surface area contributed by atoms with Crippen LogP contribution in [0.1, 0.15) is 13.8 Å². The summed E-state index contributed by atoms with van der Waals surface area (Å²) in [6.07, 6.45) is 1.49. The lowest BCUT2D eigenvalue weighted by Gasteiger charge is -2.18. The highest BCUT2D eigenvalue weighted by Gasteiger charge is 2.21. The van der Waals surface area contributed by atoms with Crippen LogP contribution in [0.3, 0.4) is 0 Å². The molecule has 0 amide bonds. The molecule has 16 heavy (non-hydrogen) atoms. The highest BCUT2D eigenvalue weighted by molar-refractivity contribution is 7.89. The van der Waals surface area contributed by atoms with Crippen molar-refractivity contribution in [3.63, 3.8) is 0 Å². The van der Waals surface area contributed by atoms with Gasteiger partial charge in [-0.05, 0) is 6.07 Å². The number of sulfonamides is 1. The lowest BCUT2D eigenvalue weighted by atomic mass is 10.5. The Hall–Kier alpha value is -1.14. The fraction of sp³-hybridized carbons (Fsp3) is 0.500. The number of nitrogens with one attached hydrogen (secondary N) is 1. The van der Waals surface area contributed by atoms with Gasteiger partial charge in [0.1, 0.15) is 5.82 Å². The molecular formula is C10H17N3O2S. The third kappa shape index (κ3) is 2.51. The van der Waals surface area contributed by atoms with Crippen LogP contribution in [0.25, 0.3) is 0 Å². The summed E-state index contributed by atoms with van der Waals surface area (Å²) in [6, 6.07) is 3.04. The summed E-state index contributed by atoms with van der Waals surface area (Å²) in [7, 11) is -1.68. The molecule has 0 fully saturated rings. The second kappa shape index (κ2) is 5.27. The first-order valence-corrected chi connectivity index (χ1v) is 6.64. The van der Waals surface area contributed by atoms with E-state index in [1.165, 1.54) is 22.6 Å². The first-order chi connectivity index (χ1) is 7.56. The van der Waals surface area contributed by atoms with Gasteiger partial charge in [0, 0.05) is 32.4 Å². The van der Waals surface area contributed by atoms with Crippen LogP contribution in [-0.4, -0.2) is 37.8 Å². The number of hydrogen-bond acceptors (Lipinski definition) is 4. The zero-order valence-electron chi connectivity index (χ0n) is 9.77. The van der Waals surface area contributed by atoms with Crippen molar-refractivity contribution in [3.05, 3.63) is 18.3 Å². The summed E-state index contributed by atoms with van der Waals surface area (Å²) in [4.78, 5) is 4.26. The Balaban J connectivity index is 3.16. The highest BCUT2D eigenvalue weighted by Crippen LogP contribution is 2.17. The Bertz CT molecular complexity index is 441. The molecule has 1 rings (SSSR count). The fourth-order valence-electron chi connectivity index (χ4n) is 1.42. The second-order valence-electron chi connectivity index (χ2n) is 3.22. The van der Waals surface area contributed by atoms with Crippen LogP contribution in [0.15, 0.2) is 23.2 Å². The Morgan fingerprint density at radius 2 is 2.00 bits per heavy atom. The number of rotatable bonds is 5. The van der Waals surface area contributed by atoms with Crippen molar-refractivity contribution in [1.82, 2.24) is 9.29 Å². The van der Waals surface area contributed by atoms with Crippen LogP contribution >= 0.6 is 0 Å². The monoisotopic (exact) mass is 243 g/mol. The molecule has 1 heterocycles. The number of hydrogen-bond donors (Lipinski definition) is 1. The van der Waals surface area contributed by atoms with E-state index in [0.29, 0.717) is 18.9 Å². The van der Waals surface area contributed by atoms with E-state index in [-0.39, 0.29) is 4.90 Å². The minimum Gasteiger partial charge on any atom is -0.373 e. The SMILES string of the molecule is CCN(CC)S(=O)(=O)c1ccnc(NC)c1. The minimum absolute atomic E-state index is 0.274. The zero-order valence-corrected chi connectivity index (χ0v) is 10.6. The number of anilines is 1. The van der Waals surface area contributed by atoms with E-state index in [0.717, 1.165) is 0 Å². The molecule has 0 unspecified atom stereocenters. The van der Waals surface area contributed by atoms with Gasteiger partial charge in [-0.3, -0.25) is 0 Å². The number of nitrogens with zero attached hydrogens (tertiary/aromatic N) is 2. The molecule has 0 aliphatic rings. The maximum atomic E-state index is 12.1. The lowest BCUT2D eigenvalue weighted by Crippen LogP contribution is -2.30. The highest BCUT2D eigenvalue weighted by atomic mass is 32.2. The first kappa shape index (κ1) is 12.9. The molecule has 90 valence electrons. The summed E-state index contributed by atoms with van der Waals surface area (Å²) in [5.74, 6) is 0.549. The summed E-state index contributed by atoms with van der Waals surface area (Å²) in [5.41, 5.74) is 0. The Morgan fingerprint density at radius 1 is 1.38 bits per heavy atom. The lowest BCUT2D eigenvalue weighted by molar-refractivity contribution is 0.445. The van der Waals surface area contributed by atoms with Crippen LogP contribution in [0.4, 0.5) is 5.82 Å². The summed E-state index contributed by atoms with van der Waals surface area (Å²) >= 11 is 0. The topological polar surface area (TPSA) is 62.3 Å². The van der Waals surface area contributed by atoms with Gasteiger partial charge in [0.15, 0.2) is 0 Å². The van der Waals surface area contributed by atoms with Crippen molar-refractivity contribution in [2.24, 2.45) is 0 Å². The number of aromatic nitrogens is 1. The van der Waals surface area contributed by atoms with Gasteiger partial charge in [-0.25, -0.2) is 13.4 Å².